The first-order valence-electron chi connectivity index (χ1n) is 7.17. The number of hydrogen-bond donors (Lipinski definition) is 0. The Morgan fingerprint density at radius 1 is 0.895 bits per heavy atom. The molecule has 0 aromatic heterocycles. The third kappa shape index (κ3) is 2.89. The molecule has 2 heterocycles. The van der Waals surface area contributed by atoms with Crippen molar-refractivity contribution in [3.05, 3.63) is 29.8 Å². The Morgan fingerprint density at radius 3 is 2.42 bits per heavy atom. The zero-order chi connectivity index (χ0) is 13.2. The van der Waals surface area contributed by atoms with Crippen LogP contribution < -0.4 is 4.90 Å². The highest BCUT2D eigenvalue weighted by atomic mass is 19.1. The predicted octanol–water partition coefficient (Wildman–Crippen LogP) is 3.03. The van der Waals surface area contributed by atoms with E-state index >= 15 is 0 Å². The quantitative estimate of drug-likeness (QED) is 0.771. The molecule has 0 bridgehead atoms. The van der Waals surface area contributed by atoms with Gasteiger partial charge in [0.1, 0.15) is 11.6 Å². The molecule has 0 saturated carbocycles. The molecule has 4 heteroatoms. The molecule has 2 nitrogen and oxygen atoms in total. The van der Waals surface area contributed by atoms with Crippen LogP contribution >= 0.6 is 0 Å². The lowest BCUT2D eigenvalue weighted by Gasteiger charge is -2.35. The maximum Gasteiger partial charge on any atom is 0.128 e. The summed E-state index contributed by atoms with van der Waals surface area (Å²) < 4.78 is 26.7. The summed E-state index contributed by atoms with van der Waals surface area (Å²) in [5, 5.41) is 0. The summed E-state index contributed by atoms with van der Waals surface area (Å²) in [5.41, 5.74) is 0.685. The van der Waals surface area contributed by atoms with Crippen molar-refractivity contribution >= 4 is 5.69 Å². The van der Waals surface area contributed by atoms with E-state index in [9.17, 15) is 8.78 Å². The number of hydrogen-bond acceptors (Lipinski definition) is 2. The van der Waals surface area contributed by atoms with Crippen LogP contribution in [0.3, 0.4) is 0 Å². The van der Waals surface area contributed by atoms with Crippen molar-refractivity contribution in [1.82, 2.24) is 4.90 Å². The number of benzene rings is 1. The van der Waals surface area contributed by atoms with Gasteiger partial charge in [-0.1, -0.05) is 6.42 Å². The van der Waals surface area contributed by atoms with Gasteiger partial charge in [0.05, 0.1) is 0 Å². The van der Waals surface area contributed by atoms with Crippen molar-refractivity contribution in [2.24, 2.45) is 0 Å². The highest BCUT2D eigenvalue weighted by molar-refractivity contribution is 5.47. The van der Waals surface area contributed by atoms with Crippen LogP contribution in [-0.4, -0.2) is 37.1 Å². The molecule has 2 saturated heterocycles. The molecule has 1 aromatic carbocycles. The van der Waals surface area contributed by atoms with Crippen LogP contribution in [0.25, 0.3) is 0 Å². The molecule has 0 N–H and O–H groups in total. The zero-order valence-electron chi connectivity index (χ0n) is 11.1. The molecule has 2 fully saturated rings. The lowest BCUT2D eigenvalue weighted by atomic mass is 10.0. The number of rotatable bonds is 1. The van der Waals surface area contributed by atoms with E-state index in [1.807, 2.05) is 0 Å². The maximum atomic E-state index is 13.3. The Bertz CT molecular complexity index is 430. The first-order valence-corrected chi connectivity index (χ1v) is 7.17. The first kappa shape index (κ1) is 12.9. The van der Waals surface area contributed by atoms with Gasteiger partial charge in [-0.05, 0) is 37.9 Å². The predicted molar refractivity (Wildman–Crippen MR) is 72.4 cm³/mol. The fourth-order valence-corrected chi connectivity index (χ4v) is 3.33. The highest BCUT2D eigenvalue weighted by Gasteiger charge is 2.27. The monoisotopic (exact) mass is 266 g/mol. The highest BCUT2D eigenvalue weighted by Crippen LogP contribution is 2.25. The molecular weight excluding hydrogens is 246 g/mol. The second-order valence-electron chi connectivity index (χ2n) is 5.61. The third-order valence-corrected chi connectivity index (χ3v) is 4.27. The minimum atomic E-state index is -0.486. The molecule has 2 aliphatic rings. The molecule has 1 unspecified atom stereocenters. The van der Waals surface area contributed by atoms with E-state index in [1.165, 1.54) is 37.9 Å². The summed E-state index contributed by atoms with van der Waals surface area (Å²) in [6, 6.07) is 4.37. The summed E-state index contributed by atoms with van der Waals surface area (Å²) in [7, 11) is 0. The largest absolute Gasteiger partial charge is 0.370 e. The van der Waals surface area contributed by atoms with Gasteiger partial charge >= 0.3 is 0 Å². The molecule has 19 heavy (non-hydrogen) atoms. The van der Waals surface area contributed by atoms with Crippen molar-refractivity contribution in [3.8, 4) is 0 Å². The van der Waals surface area contributed by atoms with Crippen molar-refractivity contribution < 1.29 is 8.78 Å². The Morgan fingerprint density at radius 2 is 1.63 bits per heavy atom. The van der Waals surface area contributed by atoms with Gasteiger partial charge in [0, 0.05) is 37.4 Å². The second-order valence-corrected chi connectivity index (χ2v) is 5.61. The van der Waals surface area contributed by atoms with Crippen LogP contribution in [0.5, 0.6) is 0 Å². The smallest absolute Gasteiger partial charge is 0.128 e. The molecule has 1 atom stereocenters. The van der Waals surface area contributed by atoms with Crippen molar-refractivity contribution in [2.45, 2.75) is 31.7 Å². The summed E-state index contributed by atoms with van der Waals surface area (Å²) in [5.74, 6) is -0.973. The zero-order valence-corrected chi connectivity index (χ0v) is 11.1. The van der Waals surface area contributed by atoms with E-state index in [2.05, 4.69) is 9.80 Å². The fraction of sp³-hybridized carbons (Fsp3) is 0.600. The molecule has 0 radical (unpaired) electrons. The van der Waals surface area contributed by atoms with E-state index in [0.29, 0.717) is 11.7 Å². The van der Waals surface area contributed by atoms with Gasteiger partial charge in [-0.2, -0.15) is 0 Å². The van der Waals surface area contributed by atoms with Gasteiger partial charge in [0.15, 0.2) is 0 Å². The molecule has 104 valence electrons. The molecule has 3 rings (SSSR count). The van der Waals surface area contributed by atoms with E-state index in [-0.39, 0.29) is 0 Å². The van der Waals surface area contributed by atoms with Crippen LogP contribution in [0, 0.1) is 11.6 Å². The molecule has 0 spiro atoms. The van der Waals surface area contributed by atoms with Gasteiger partial charge in [-0.3, -0.25) is 4.90 Å². The van der Waals surface area contributed by atoms with E-state index < -0.39 is 11.6 Å². The topological polar surface area (TPSA) is 6.48 Å². The Hall–Kier alpha value is -1.16. The molecular formula is C15H20F2N2. The van der Waals surface area contributed by atoms with Crippen LogP contribution in [0.1, 0.15) is 25.7 Å². The number of halogens is 2. The molecule has 0 aliphatic carbocycles. The van der Waals surface area contributed by atoms with E-state index in [0.717, 1.165) is 32.1 Å². The summed E-state index contributed by atoms with van der Waals surface area (Å²) in [6.45, 7) is 4.06. The van der Waals surface area contributed by atoms with E-state index in [4.69, 9.17) is 0 Å². The number of fused-ring (bicyclic) bond motifs is 1. The minimum absolute atomic E-state index is 0.486. The number of anilines is 1. The summed E-state index contributed by atoms with van der Waals surface area (Å²) in [6.07, 6.45) is 4.82. The molecule has 0 amide bonds. The average Bonchev–Trinajstić information content (AvgIpc) is 2.59. The van der Waals surface area contributed by atoms with Crippen molar-refractivity contribution in [2.75, 3.05) is 31.1 Å². The van der Waals surface area contributed by atoms with Crippen LogP contribution in [-0.2, 0) is 0 Å². The van der Waals surface area contributed by atoms with Gasteiger partial charge in [-0.15, -0.1) is 0 Å². The SMILES string of the molecule is Fc1cc(F)cc(N2CCCN3CCCCC3C2)c1. The lowest BCUT2D eigenvalue weighted by Crippen LogP contribution is -2.44. The van der Waals surface area contributed by atoms with E-state index in [1.54, 1.807) is 0 Å². The summed E-state index contributed by atoms with van der Waals surface area (Å²) in [4.78, 5) is 4.68. The standard InChI is InChI=1S/C15H20F2N2/c16-12-8-13(17)10-15(9-12)19-7-3-6-18-5-2-1-4-14(18)11-19/h8-10,14H,1-7,11H2. The van der Waals surface area contributed by atoms with Crippen molar-refractivity contribution in [3.63, 3.8) is 0 Å². The number of nitrogens with zero attached hydrogens (tertiary/aromatic N) is 2. The summed E-state index contributed by atoms with van der Waals surface area (Å²) >= 11 is 0. The second kappa shape index (κ2) is 5.45. The fourth-order valence-electron chi connectivity index (χ4n) is 3.33. The van der Waals surface area contributed by atoms with Crippen molar-refractivity contribution in [1.29, 1.82) is 0 Å². The van der Waals surface area contributed by atoms with Gasteiger partial charge < -0.3 is 4.90 Å². The van der Waals surface area contributed by atoms with Gasteiger partial charge in [0.2, 0.25) is 0 Å². The Labute approximate surface area is 113 Å². The Balaban J connectivity index is 1.80. The number of piperidine rings is 1. The normalized spacial score (nSPS) is 24.9. The minimum Gasteiger partial charge on any atom is -0.370 e. The Kier molecular flexibility index (Phi) is 3.69. The van der Waals surface area contributed by atoms with Crippen LogP contribution in [0.15, 0.2) is 18.2 Å². The average molecular weight is 266 g/mol. The van der Waals surface area contributed by atoms with Gasteiger partial charge in [-0.25, -0.2) is 8.78 Å². The van der Waals surface area contributed by atoms with Gasteiger partial charge in [0.25, 0.3) is 0 Å². The molecule has 1 aromatic rings. The first-order chi connectivity index (χ1) is 9.22. The van der Waals surface area contributed by atoms with Crippen LogP contribution in [0.2, 0.25) is 0 Å². The third-order valence-electron chi connectivity index (χ3n) is 4.27. The lowest BCUT2D eigenvalue weighted by molar-refractivity contribution is 0.162. The maximum absolute atomic E-state index is 13.3. The molecule has 2 aliphatic heterocycles. The van der Waals surface area contributed by atoms with Crippen LogP contribution in [0.4, 0.5) is 14.5 Å².